The molecule has 0 bridgehead atoms. The number of ether oxygens (including phenoxy) is 4. The van der Waals surface area contributed by atoms with E-state index in [4.69, 9.17) is 18.9 Å². The zero-order valence-electron chi connectivity index (χ0n) is 17.3. The van der Waals surface area contributed by atoms with Gasteiger partial charge in [0.15, 0.2) is 12.2 Å². The minimum Gasteiger partial charge on any atom is -0.455 e. The molecule has 0 spiro atoms. The summed E-state index contributed by atoms with van der Waals surface area (Å²) in [7, 11) is 0. The summed E-state index contributed by atoms with van der Waals surface area (Å²) in [6, 6.07) is 29.5. The first kappa shape index (κ1) is 21.2. The van der Waals surface area contributed by atoms with Crippen LogP contribution in [0.5, 0.6) is 0 Å². The van der Waals surface area contributed by atoms with Gasteiger partial charge in [0.25, 0.3) is 0 Å². The summed E-state index contributed by atoms with van der Waals surface area (Å²) >= 11 is 0. The van der Waals surface area contributed by atoms with Crippen molar-refractivity contribution in [2.75, 3.05) is 6.61 Å². The fourth-order valence-electron chi connectivity index (χ4n) is 3.49. The molecule has 0 amide bonds. The number of cyclic esters (lactones) is 1. The maximum Gasteiger partial charge on any atom is 0.338 e. The van der Waals surface area contributed by atoms with Gasteiger partial charge in [0.2, 0.25) is 0 Å². The van der Waals surface area contributed by atoms with E-state index in [9.17, 15) is 4.79 Å². The molecule has 5 heteroatoms. The van der Waals surface area contributed by atoms with Crippen molar-refractivity contribution in [3.05, 3.63) is 108 Å². The fourth-order valence-corrected chi connectivity index (χ4v) is 3.49. The van der Waals surface area contributed by atoms with Crippen molar-refractivity contribution >= 4 is 5.97 Å². The molecule has 1 aliphatic rings. The Hall–Kier alpha value is -2.99. The van der Waals surface area contributed by atoms with Gasteiger partial charge in [0.1, 0.15) is 6.10 Å². The van der Waals surface area contributed by atoms with Gasteiger partial charge in [-0.3, -0.25) is 0 Å². The second-order valence-corrected chi connectivity index (χ2v) is 7.45. The van der Waals surface area contributed by atoms with E-state index in [1.807, 2.05) is 91.0 Å². The smallest absolute Gasteiger partial charge is 0.338 e. The highest BCUT2D eigenvalue weighted by Gasteiger charge is 2.46. The second kappa shape index (κ2) is 10.9. The molecule has 0 aromatic heterocycles. The van der Waals surface area contributed by atoms with Crippen LogP contribution in [-0.2, 0) is 43.6 Å². The molecule has 0 radical (unpaired) electrons. The fraction of sp³-hybridized carbons (Fsp3) is 0.269. The third-order valence-electron chi connectivity index (χ3n) is 5.12. The lowest BCUT2D eigenvalue weighted by Crippen LogP contribution is -2.38. The van der Waals surface area contributed by atoms with Gasteiger partial charge in [-0.2, -0.15) is 0 Å². The molecule has 0 saturated carbocycles. The molecule has 1 aliphatic heterocycles. The lowest BCUT2D eigenvalue weighted by Gasteiger charge is -2.22. The van der Waals surface area contributed by atoms with E-state index in [0.717, 1.165) is 16.7 Å². The molecule has 1 unspecified atom stereocenters. The first-order chi connectivity index (χ1) is 15.3. The van der Waals surface area contributed by atoms with E-state index < -0.39 is 24.3 Å². The number of carbonyl (C=O) groups excluding carboxylic acids is 1. The quantitative estimate of drug-likeness (QED) is 0.460. The maximum absolute atomic E-state index is 12.6. The van der Waals surface area contributed by atoms with Crippen molar-refractivity contribution in [1.29, 1.82) is 0 Å². The molecule has 1 fully saturated rings. The Bertz CT molecular complexity index is 930. The molecule has 0 N–H and O–H groups in total. The molecular formula is C26H26O5. The number of benzene rings is 3. The van der Waals surface area contributed by atoms with Gasteiger partial charge in [0, 0.05) is 0 Å². The topological polar surface area (TPSA) is 54.0 Å². The molecule has 3 aromatic rings. The summed E-state index contributed by atoms with van der Waals surface area (Å²) in [4.78, 5) is 12.6. The first-order valence-corrected chi connectivity index (χ1v) is 10.4. The van der Waals surface area contributed by atoms with Gasteiger partial charge < -0.3 is 18.9 Å². The molecular weight excluding hydrogens is 392 g/mol. The third-order valence-corrected chi connectivity index (χ3v) is 5.12. The van der Waals surface area contributed by atoms with Crippen molar-refractivity contribution in [1.82, 2.24) is 0 Å². The van der Waals surface area contributed by atoms with Gasteiger partial charge in [0.05, 0.1) is 26.4 Å². The molecule has 5 nitrogen and oxygen atoms in total. The Kier molecular flexibility index (Phi) is 7.45. The summed E-state index contributed by atoms with van der Waals surface area (Å²) in [6.45, 7) is 1.35. The van der Waals surface area contributed by atoms with Crippen LogP contribution in [0.4, 0.5) is 0 Å². The van der Waals surface area contributed by atoms with Gasteiger partial charge >= 0.3 is 5.97 Å². The van der Waals surface area contributed by atoms with Gasteiger partial charge in [-0.1, -0.05) is 91.0 Å². The highest BCUT2D eigenvalue weighted by molar-refractivity contribution is 5.78. The van der Waals surface area contributed by atoms with Crippen LogP contribution in [-0.4, -0.2) is 30.9 Å². The zero-order chi connectivity index (χ0) is 21.3. The number of esters is 1. The van der Waals surface area contributed by atoms with E-state index in [-0.39, 0.29) is 6.61 Å². The number of hydrogen-bond donors (Lipinski definition) is 0. The van der Waals surface area contributed by atoms with Crippen LogP contribution < -0.4 is 0 Å². The average Bonchev–Trinajstić information content (AvgIpc) is 3.12. The predicted octanol–water partition coefficient (Wildman–Crippen LogP) is 4.30. The van der Waals surface area contributed by atoms with Crippen molar-refractivity contribution in [3.8, 4) is 0 Å². The van der Waals surface area contributed by atoms with Crippen LogP contribution in [0.1, 0.15) is 16.7 Å². The molecule has 1 saturated heterocycles. The first-order valence-electron chi connectivity index (χ1n) is 10.4. The van der Waals surface area contributed by atoms with Crippen LogP contribution in [0.15, 0.2) is 91.0 Å². The predicted molar refractivity (Wildman–Crippen MR) is 116 cm³/mol. The van der Waals surface area contributed by atoms with Crippen LogP contribution >= 0.6 is 0 Å². The standard InChI is InChI=1S/C26H26O5/c27-26-25(30-18-22-14-8-3-9-15-22)24(29-17-21-12-6-2-7-13-21)23(31-26)19-28-16-20-10-4-1-5-11-20/h1-15,23-25H,16-19H2/t23-,24-,25?/m1/s1. The molecule has 31 heavy (non-hydrogen) atoms. The molecule has 0 aliphatic carbocycles. The molecule has 1 heterocycles. The average molecular weight is 418 g/mol. The minimum absolute atomic E-state index is 0.241. The summed E-state index contributed by atoms with van der Waals surface area (Å²) in [5.41, 5.74) is 3.07. The number of carbonyl (C=O) groups is 1. The second-order valence-electron chi connectivity index (χ2n) is 7.45. The number of hydrogen-bond acceptors (Lipinski definition) is 5. The molecule has 3 atom stereocenters. The Balaban J connectivity index is 1.40. The monoisotopic (exact) mass is 418 g/mol. The van der Waals surface area contributed by atoms with E-state index in [0.29, 0.717) is 19.8 Å². The van der Waals surface area contributed by atoms with Gasteiger partial charge in [-0.05, 0) is 16.7 Å². The Morgan fingerprint density at radius 3 is 1.68 bits per heavy atom. The van der Waals surface area contributed by atoms with Crippen LogP contribution in [0.3, 0.4) is 0 Å². The zero-order valence-corrected chi connectivity index (χ0v) is 17.3. The lowest BCUT2D eigenvalue weighted by molar-refractivity contribution is -0.152. The van der Waals surface area contributed by atoms with Crippen LogP contribution in [0.2, 0.25) is 0 Å². The normalized spacial score (nSPS) is 20.5. The van der Waals surface area contributed by atoms with Crippen molar-refractivity contribution in [2.45, 2.75) is 38.1 Å². The van der Waals surface area contributed by atoms with Crippen LogP contribution in [0.25, 0.3) is 0 Å². The summed E-state index contributed by atoms with van der Waals surface area (Å²) < 4.78 is 23.5. The van der Waals surface area contributed by atoms with E-state index in [1.165, 1.54) is 0 Å². The summed E-state index contributed by atoms with van der Waals surface area (Å²) in [6.07, 6.45) is -1.87. The number of rotatable bonds is 10. The van der Waals surface area contributed by atoms with Crippen LogP contribution in [0, 0.1) is 0 Å². The maximum atomic E-state index is 12.6. The molecule has 3 aromatic carbocycles. The highest BCUT2D eigenvalue weighted by atomic mass is 16.6. The summed E-state index contributed by atoms with van der Waals surface area (Å²) in [5, 5.41) is 0. The molecule has 160 valence electrons. The minimum atomic E-state index is -0.797. The van der Waals surface area contributed by atoms with Gasteiger partial charge in [-0.25, -0.2) is 4.79 Å². The van der Waals surface area contributed by atoms with E-state index >= 15 is 0 Å². The van der Waals surface area contributed by atoms with Gasteiger partial charge in [-0.15, -0.1) is 0 Å². The third kappa shape index (κ3) is 6.01. The molecule has 4 rings (SSSR count). The largest absolute Gasteiger partial charge is 0.455 e. The van der Waals surface area contributed by atoms with E-state index in [1.54, 1.807) is 0 Å². The lowest BCUT2D eigenvalue weighted by atomic mass is 10.1. The van der Waals surface area contributed by atoms with Crippen molar-refractivity contribution in [2.24, 2.45) is 0 Å². The van der Waals surface area contributed by atoms with Crippen molar-refractivity contribution in [3.63, 3.8) is 0 Å². The SMILES string of the molecule is O=C1O[C@H](COCc2ccccc2)[C@@H](OCc2ccccc2)C1OCc1ccccc1. The summed E-state index contributed by atoms with van der Waals surface area (Å²) in [5.74, 6) is -0.415. The van der Waals surface area contributed by atoms with Crippen molar-refractivity contribution < 1.29 is 23.7 Å². The Labute approximate surface area is 182 Å². The Morgan fingerprint density at radius 1 is 0.645 bits per heavy atom. The van der Waals surface area contributed by atoms with E-state index in [2.05, 4.69) is 0 Å². The highest BCUT2D eigenvalue weighted by Crippen LogP contribution is 2.25. The Morgan fingerprint density at radius 2 is 1.13 bits per heavy atom.